The summed E-state index contributed by atoms with van der Waals surface area (Å²) in [5, 5.41) is 13.9. The van der Waals surface area contributed by atoms with Crippen LogP contribution in [-0.2, 0) is 6.61 Å². The Hall–Kier alpha value is -1.46. The summed E-state index contributed by atoms with van der Waals surface area (Å²) in [5.74, 6) is 0.555. The van der Waals surface area contributed by atoms with Crippen molar-refractivity contribution < 1.29 is 5.11 Å². The molecule has 0 unspecified atom stereocenters. The quantitative estimate of drug-likeness (QED) is 0.860. The van der Waals surface area contributed by atoms with Gasteiger partial charge < -0.3 is 5.11 Å². The highest BCUT2D eigenvalue weighted by atomic mass is 35.5. The van der Waals surface area contributed by atoms with Gasteiger partial charge in [-0.1, -0.05) is 11.6 Å². The smallest absolute Gasteiger partial charge is 0.172 e. The first kappa shape index (κ1) is 11.0. The summed E-state index contributed by atoms with van der Waals surface area (Å²) in [4.78, 5) is 8.19. The van der Waals surface area contributed by atoms with E-state index in [9.17, 15) is 0 Å². The molecule has 0 amide bonds. The Morgan fingerprint density at radius 2 is 2.12 bits per heavy atom. The van der Waals surface area contributed by atoms with Gasteiger partial charge in [0.15, 0.2) is 5.82 Å². The lowest BCUT2D eigenvalue weighted by molar-refractivity contribution is 0.276. The molecule has 0 saturated heterocycles. The fraction of sp³-hybridized carbons (Fsp3) is 0.300. The van der Waals surface area contributed by atoms with Crippen LogP contribution in [0.3, 0.4) is 0 Å². The van der Waals surface area contributed by atoms with E-state index in [4.69, 9.17) is 16.7 Å². The normalized spacial score (nSPS) is 10.8. The summed E-state index contributed by atoms with van der Waals surface area (Å²) in [6.07, 6.45) is 3.09. The second-order valence-electron chi connectivity index (χ2n) is 3.42. The molecule has 0 fully saturated rings. The molecule has 5 nitrogen and oxygen atoms in total. The molecule has 0 radical (unpaired) electrons. The van der Waals surface area contributed by atoms with Gasteiger partial charge in [0.25, 0.3) is 0 Å². The van der Waals surface area contributed by atoms with Crippen LogP contribution in [0.25, 0.3) is 5.82 Å². The van der Waals surface area contributed by atoms with Crippen LogP contribution in [0.2, 0.25) is 5.02 Å². The Kier molecular flexibility index (Phi) is 2.89. The van der Waals surface area contributed by atoms with E-state index in [1.54, 1.807) is 10.9 Å². The lowest BCUT2D eigenvalue weighted by atomic mass is 10.4. The summed E-state index contributed by atoms with van der Waals surface area (Å²) in [5.41, 5.74) is 2.06. The van der Waals surface area contributed by atoms with Gasteiger partial charge in [0.2, 0.25) is 0 Å². The van der Waals surface area contributed by atoms with Gasteiger partial charge in [0.05, 0.1) is 41.1 Å². The lowest BCUT2D eigenvalue weighted by Gasteiger charge is -2.03. The fourth-order valence-electron chi connectivity index (χ4n) is 1.42. The predicted octanol–water partition coefficient (Wildman–Crippen LogP) is 1.42. The third-order valence-corrected chi connectivity index (χ3v) is 2.80. The van der Waals surface area contributed by atoms with Gasteiger partial charge in [-0.15, -0.1) is 0 Å². The molecule has 0 aromatic carbocycles. The molecule has 6 heteroatoms. The highest BCUT2D eigenvalue weighted by molar-refractivity contribution is 6.31. The maximum absolute atomic E-state index is 8.98. The second kappa shape index (κ2) is 4.19. The Labute approximate surface area is 97.7 Å². The first-order valence-corrected chi connectivity index (χ1v) is 5.15. The van der Waals surface area contributed by atoms with Gasteiger partial charge in [-0.05, 0) is 13.8 Å². The van der Waals surface area contributed by atoms with E-state index in [1.807, 2.05) is 13.8 Å². The monoisotopic (exact) mass is 238 g/mol. The summed E-state index contributed by atoms with van der Waals surface area (Å²) in [6.45, 7) is 3.54. The number of hydrogen-bond donors (Lipinski definition) is 1. The molecule has 0 atom stereocenters. The van der Waals surface area contributed by atoms with E-state index in [1.165, 1.54) is 6.20 Å². The standard InChI is InChI=1S/C10H11ClN4O/c1-6-10(11)7(2)15(14-6)9-4-12-3-8(5-16)13-9/h3-4,16H,5H2,1-2H3. The predicted molar refractivity (Wildman–Crippen MR) is 59.6 cm³/mol. The van der Waals surface area contributed by atoms with Crippen molar-refractivity contribution in [2.24, 2.45) is 0 Å². The van der Waals surface area contributed by atoms with Gasteiger partial charge in [-0.3, -0.25) is 4.98 Å². The van der Waals surface area contributed by atoms with Gasteiger partial charge in [-0.2, -0.15) is 5.10 Å². The molecule has 0 saturated carbocycles. The minimum absolute atomic E-state index is 0.145. The van der Waals surface area contributed by atoms with Crippen molar-refractivity contribution in [1.29, 1.82) is 0 Å². The topological polar surface area (TPSA) is 63.8 Å². The minimum Gasteiger partial charge on any atom is -0.390 e. The van der Waals surface area contributed by atoms with Crippen LogP contribution in [0.5, 0.6) is 0 Å². The third kappa shape index (κ3) is 1.79. The van der Waals surface area contributed by atoms with Crippen molar-refractivity contribution in [2.45, 2.75) is 20.5 Å². The van der Waals surface area contributed by atoms with E-state index in [2.05, 4.69) is 15.1 Å². The van der Waals surface area contributed by atoms with Gasteiger partial charge >= 0.3 is 0 Å². The number of halogens is 1. The van der Waals surface area contributed by atoms with Crippen molar-refractivity contribution in [3.8, 4) is 5.82 Å². The van der Waals surface area contributed by atoms with E-state index < -0.39 is 0 Å². The van der Waals surface area contributed by atoms with Crippen molar-refractivity contribution in [2.75, 3.05) is 0 Å². The summed E-state index contributed by atoms with van der Waals surface area (Å²) in [7, 11) is 0. The van der Waals surface area contributed by atoms with Crippen LogP contribution < -0.4 is 0 Å². The molecule has 0 spiro atoms. The first-order chi connectivity index (χ1) is 7.63. The molecular formula is C10H11ClN4O. The average Bonchev–Trinajstić information content (AvgIpc) is 2.57. The number of nitrogens with zero attached hydrogens (tertiary/aromatic N) is 4. The molecule has 16 heavy (non-hydrogen) atoms. The Morgan fingerprint density at radius 1 is 1.38 bits per heavy atom. The van der Waals surface area contributed by atoms with Crippen LogP contribution in [0.4, 0.5) is 0 Å². The van der Waals surface area contributed by atoms with Crippen LogP contribution >= 0.6 is 11.6 Å². The molecule has 0 aliphatic rings. The number of hydrogen-bond acceptors (Lipinski definition) is 4. The highest BCUT2D eigenvalue weighted by Gasteiger charge is 2.11. The minimum atomic E-state index is -0.145. The zero-order valence-corrected chi connectivity index (χ0v) is 9.73. The van der Waals surface area contributed by atoms with Gasteiger partial charge in [-0.25, -0.2) is 9.67 Å². The Morgan fingerprint density at radius 3 is 2.69 bits per heavy atom. The molecule has 2 heterocycles. The third-order valence-electron chi connectivity index (χ3n) is 2.25. The van der Waals surface area contributed by atoms with Crippen LogP contribution in [0.1, 0.15) is 17.1 Å². The molecule has 2 aromatic rings. The highest BCUT2D eigenvalue weighted by Crippen LogP contribution is 2.21. The number of aliphatic hydroxyl groups is 1. The number of aryl methyl sites for hydroxylation is 1. The molecule has 1 N–H and O–H groups in total. The van der Waals surface area contributed by atoms with Crippen molar-refractivity contribution in [3.05, 3.63) is 34.5 Å². The van der Waals surface area contributed by atoms with Crippen molar-refractivity contribution in [1.82, 2.24) is 19.7 Å². The number of rotatable bonds is 2. The Bertz CT molecular complexity index is 524. The molecule has 2 aromatic heterocycles. The van der Waals surface area contributed by atoms with Crippen LogP contribution in [0.15, 0.2) is 12.4 Å². The number of aliphatic hydroxyl groups excluding tert-OH is 1. The summed E-state index contributed by atoms with van der Waals surface area (Å²) >= 11 is 6.04. The molecule has 0 aliphatic carbocycles. The van der Waals surface area contributed by atoms with E-state index in [0.717, 1.165) is 11.4 Å². The van der Waals surface area contributed by atoms with Crippen molar-refractivity contribution in [3.63, 3.8) is 0 Å². The molecule has 0 aliphatic heterocycles. The maximum atomic E-state index is 8.98. The van der Waals surface area contributed by atoms with E-state index in [0.29, 0.717) is 16.5 Å². The second-order valence-corrected chi connectivity index (χ2v) is 3.80. The zero-order chi connectivity index (χ0) is 11.7. The number of aromatic nitrogens is 4. The van der Waals surface area contributed by atoms with E-state index >= 15 is 0 Å². The van der Waals surface area contributed by atoms with Crippen LogP contribution in [0, 0.1) is 13.8 Å². The molecule has 2 rings (SSSR count). The zero-order valence-electron chi connectivity index (χ0n) is 8.98. The molecule has 0 bridgehead atoms. The fourth-order valence-corrected chi connectivity index (χ4v) is 1.54. The van der Waals surface area contributed by atoms with E-state index in [-0.39, 0.29) is 6.61 Å². The average molecular weight is 239 g/mol. The van der Waals surface area contributed by atoms with Crippen molar-refractivity contribution >= 4 is 11.6 Å². The molecule has 84 valence electrons. The first-order valence-electron chi connectivity index (χ1n) is 4.77. The lowest BCUT2D eigenvalue weighted by Crippen LogP contribution is -2.04. The maximum Gasteiger partial charge on any atom is 0.172 e. The molecular weight excluding hydrogens is 228 g/mol. The summed E-state index contributed by atoms with van der Waals surface area (Å²) in [6, 6.07) is 0. The van der Waals surface area contributed by atoms with Gasteiger partial charge in [0.1, 0.15) is 0 Å². The van der Waals surface area contributed by atoms with Gasteiger partial charge in [0, 0.05) is 0 Å². The van der Waals surface area contributed by atoms with Crippen LogP contribution in [-0.4, -0.2) is 24.9 Å². The summed E-state index contributed by atoms with van der Waals surface area (Å²) < 4.78 is 1.61. The Balaban J connectivity index is 2.54. The SMILES string of the molecule is Cc1nn(-c2cncc(CO)n2)c(C)c1Cl. The largest absolute Gasteiger partial charge is 0.390 e.